The fourth-order valence-electron chi connectivity index (χ4n) is 6.78. The molecule has 9 nitrogen and oxygen atoms in total. The molecule has 2 aromatic heterocycles. The normalized spacial score (nSPS) is 25.8. The maximum absolute atomic E-state index is 13.4. The van der Waals surface area contributed by atoms with Crippen LogP contribution in [-0.4, -0.2) is 34.9 Å². The maximum Gasteiger partial charge on any atom is 0.305 e. The van der Waals surface area contributed by atoms with Crippen molar-refractivity contribution in [1.82, 2.24) is 0 Å². The molecule has 44 heavy (non-hydrogen) atoms. The summed E-state index contributed by atoms with van der Waals surface area (Å²) in [5, 5.41) is 12.5. The van der Waals surface area contributed by atoms with Crippen LogP contribution in [0.25, 0.3) is 0 Å². The number of Topliss-reactive ketones (excluding diaryl/α,β-unsaturated/α-hetero) is 1. The highest BCUT2D eigenvalue weighted by Gasteiger charge is 2.57. The highest BCUT2D eigenvalue weighted by atomic mass is 16.6. The van der Waals surface area contributed by atoms with Gasteiger partial charge in [-0.3, -0.25) is 19.2 Å². The molecule has 0 spiro atoms. The van der Waals surface area contributed by atoms with E-state index in [1.165, 1.54) is 0 Å². The summed E-state index contributed by atoms with van der Waals surface area (Å²) in [6.07, 6.45) is -0.609. The average molecular weight is 615 g/mol. The lowest BCUT2D eigenvalue weighted by molar-refractivity contribution is -0.331. The predicted octanol–water partition coefficient (Wildman–Crippen LogP) is 6.06. The Hall–Kier alpha value is -3.04. The maximum atomic E-state index is 13.4. The zero-order chi connectivity index (χ0) is 33.4. The Labute approximate surface area is 260 Å². The Kier molecular flexibility index (Phi) is 10.9. The highest BCUT2D eigenvalue weighted by molar-refractivity contribution is 5.84. The molecule has 1 saturated heterocycles. The van der Waals surface area contributed by atoms with Gasteiger partial charge in [0.1, 0.15) is 34.9 Å². The van der Waals surface area contributed by atoms with E-state index in [1.54, 1.807) is 62.3 Å². The van der Waals surface area contributed by atoms with Gasteiger partial charge in [0.2, 0.25) is 0 Å². The first kappa shape index (κ1) is 35.4. The molecule has 1 aliphatic rings. The number of aryl methyl sites for hydroxylation is 1. The zero-order valence-corrected chi connectivity index (χ0v) is 28.4. The second-order valence-electron chi connectivity index (χ2n) is 12.6. The molecule has 1 aliphatic heterocycles. The van der Waals surface area contributed by atoms with Crippen LogP contribution < -0.4 is 10.9 Å². The summed E-state index contributed by atoms with van der Waals surface area (Å²) in [4.78, 5) is 51.8. The van der Waals surface area contributed by atoms with Crippen LogP contribution in [0.4, 0.5) is 0 Å². The molecular weight excluding hydrogens is 564 g/mol. The fraction of sp³-hybridized carbons (Fsp3) is 0.657. The molecule has 9 heteroatoms. The summed E-state index contributed by atoms with van der Waals surface area (Å²) in [6.45, 7) is 21.0. The van der Waals surface area contributed by atoms with E-state index < -0.39 is 53.6 Å². The Morgan fingerprint density at radius 3 is 1.93 bits per heavy atom. The minimum Gasteiger partial charge on any atom is -0.465 e. The van der Waals surface area contributed by atoms with Crippen LogP contribution in [0.1, 0.15) is 131 Å². The van der Waals surface area contributed by atoms with Gasteiger partial charge in [-0.25, -0.2) is 0 Å². The number of aliphatic hydroxyl groups is 1. The molecule has 0 amide bonds. The van der Waals surface area contributed by atoms with Gasteiger partial charge >= 0.3 is 5.97 Å². The number of hydrogen-bond donors (Lipinski definition) is 1. The molecule has 0 unspecified atom stereocenters. The van der Waals surface area contributed by atoms with Gasteiger partial charge in [0, 0.05) is 59.3 Å². The Bertz CT molecular complexity index is 1520. The Balaban J connectivity index is 2.22. The van der Waals surface area contributed by atoms with E-state index in [0.29, 0.717) is 58.1 Å². The quantitative estimate of drug-likeness (QED) is 0.317. The molecule has 0 bridgehead atoms. The van der Waals surface area contributed by atoms with Crippen molar-refractivity contribution in [2.24, 2.45) is 11.8 Å². The summed E-state index contributed by atoms with van der Waals surface area (Å²) < 4.78 is 25.2. The van der Waals surface area contributed by atoms with Crippen LogP contribution in [0.2, 0.25) is 0 Å². The van der Waals surface area contributed by atoms with Crippen molar-refractivity contribution < 1.29 is 33.0 Å². The minimum atomic E-state index is -1.93. The second-order valence-corrected chi connectivity index (χ2v) is 12.6. The van der Waals surface area contributed by atoms with Gasteiger partial charge in [-0.05, 0) is 34.6 Å². The Morgan fingerprint density at radius 2 is 1.39 bits per heavy atom. The standard InChI is InChI=1S/C35H50O9/c1-13-25(36)16(4)30-18(6)29(39)19(7)31(43-30)21(9)32-22(10)34(42-27(37)15-3)24(12)35(40,44-32)23(11)33-20(8)28(38)17(5)26(14-2)41-33/h16,21-24,32,34,40H,13-15H2,1-12H3/t16-,21-,22+,23-,24-,32-,34-,35+/m0/s1. The number of carbonyl (C=O) groups excluding carboxylic acids is 2. The number of ketones is 1. The third-order valence-corrected chi connectivity index (χ3v) is 9.87. The summed E-state index contributed by atoms with van der Waals surface area (Å²) in [7, 11) is 0. The van der Waals surface area contributed by atoms with E-state index in [1.807, 2.05) is 20.8 Å². The Morgan fingerprint density at radius 1 is 0.841 bits per heavy atom. The van der Waals surface area contributed by atoms with Gasteiger partial charge in [0.05, 0.1) is 17.9 Å². The van der Waals surface area contributed by atoms with E-state index in [-0.39, 0.29) is 23.1 Å². The van der Waals surface area contributed by atoms with E-state index >= 15 is 0 Å². The minimum absolute atomic E-state index is 0.0500. The van der Waals surface area contributed by atoms with Crippen molar-refractivity contribution in [2.45, 2.75) is 138 Å². The number of ether oxygens (including phenoxy) is 2. The van der Waals surface area contributed by atoms with E-state index in [2.05, 4.69) is 0 Å². The molecule has 3 rings (SSSR count). The first-order chi connectivity index (χ1) is 20.5. The lowest BCUT2D eigenvalue weighted by Gasteiger charge is -2.52. The molecule has 3 heterocycles. The lowest BCUT2D eigenvalue weighted by Crippen LogP contribution is -2.61. The molecule has 244 valence electrons. The van der Waals surface area contributed by atoms with Crippen molar-refractivity contribution in [1.29, 1.82) is 0 Å². The first-order valence-corrected chi connectivity index (χ1v) is 15.9. The summed E-state index contributed by atoms with van der Waals surface area (Å²) in [6, 6.07) is 0. The van der Waals surface area contributed by atoms with Crippen molar-refractivity contribution in [2.75, 3.05) is 0 Å². The van der Waals surface area contributed by atoms with E-state index in [4.69, 9.17) is 18.3 Å². The zero-order valence-electron chi connectivity index (χ0n) is 28.4. The van der Waals surface area contributed by atoms with Gasteiger partial charge in [-0.15, -0.1) is 0 Å². The fourth-order valence-corrected chi connectivity index (χ4v) is 6.78. The van der Waals surface area contributed by atoms with Crippen molar-refractivity contribution >= 4 is 11.8 Å². The smallest absolute Gasteiger partial charge is 0.305 e. The van der Waals surface area contributed by atoms with Crippen LogP contribution in [0, 0.1) is 39.5 Å². The monoisotopic (exact) mass is 614 g/mol. The summed E-state index contributed by atoms with van der Waals surface area (Å²) in [5.74, 6) is -4.08. The molecule has 1 N–H and O–H groups in total. The van der Waals surface area contributed by atoms with E-state index in [9.17, 15) is 24.3 Å². The SMILES string of the molecule is CCC(=O)O[C@H]1[C@H](C)[C@H]([C@@H](C)c2oc([C@@H](C)C(=O)CC)c(C)c(=O)c2C)O[C@](O)([C@@H](C)c2oc(CC)c(C)c(=O)c2C)[C@H]1C. The third-order valence-electron chi connectivity index (χ3n) is 9.87. The predicted molar refractivity (Wildman–Crippen MR) is 167 cm³/mol. The molecule has 0 aliphatic carbocycles. The van der Waals surface area contributed by atoms with Crippen LogP contribution >= 0.6 is 0 Å². The molecule has 8 atom stereocenters. The third kappa shape index (κ3) is 6.10. The van der Waals surface area contributed by atoms with Crippen LogP contribution in [0.3, 0.4) is 0 Å². The molecular formula is C35H50O9. The molecule has 0 aromatic carbocycles. The van der Waals surface area contributed by atoms with Gasteiger partial charge in [-0.2, -0.15) is 0 Å². The van der Waals surface area contributed by atoms with Gasteiger partial charge in [-0.1, -0.05) is 48.5 Å². The molecule has 1 fully saturated rings. The van der Waals surface area contributed by atoms with Gasteiger partial charge in [0.15, 0.2) is 16.6 Å². The highest BCUT2D eigenvalue weighted by Crippen LogP contribution is 2.49. The number of esters is 1. The molecule has 0 radical (unpaired) electrons. The van der Waals surface area contributed by atoms with Crippen LogP contribution in [0.15, 0.2) is 18.4 Å². The number of hydrogen-bond acceptors (Lipinski definition) is 9. The average Bonchev–Trinajstić information content (AvgIpc) is 3.01. The topological polar surface area (TPSA) is 133 Å². The molecule has 0 saturated carbocycles. The van der Waals surface area contributed by atoms with Crippen molar-refractivity contribution in [3.05, 3.63) is 65.7 Å². The van der Waals surface area contributed by atoms with Gasteiger partial charge < -0.3 is 23.4 Å². The largest absolute Gasteiger partial charge is 0.465 e. The van der Waals surface area contributed by atoms with Crippen molar-refractivity contribution in [3.8, 4) is 0 Å². The summed E-state index contributed by atoms with van der Waals surface area (Å²) in [5.41, 5.74) is 1.29. The second kappa shape index (κ2) is 13.5. The first-order valence-electron chi connectivity index (χ1n) is 15.9. The van der Waals surface area contributed by atoms with Crippen molar-refractivity contribution in [3.63, 3.8) is 0 Å². The van der Waals surface area contributed by atoms with Crippen LogP contribution in [-0.2, 0) is 25.5 Å². The van der Waals surface area contributed by atoms with Crippen LogP contribution in [0.5, 0.6) is 0 Å². The lowest BCUT2D eigenvalue weighted by atomic mass is 9.72. The van der Waals surface area contributed by atoms with E-state index in [0.717, 1.165) is 0 Å². The summed E-state index contributed by atoms with van der Waals surface area (Å²) >= 11 is 0. The molecule has 2 aromatic rings. The number of rotatable bonds is 10. The van der Waals surface area contributed by atoms with Gasteiger partial charge in [0.25, 0.3) is 0 Å². The number of carbonyl (C=O) groups is 2.